The zero-order chi connectivity index (χ0) is 14.9. The molecule has 0 bridgehead atoms. The molecule has 1 aliphatic rings. The van der Waals surface area contributed by atoms with Gasteiger partial charge in [-0.2, -0.15) is 13.2 Å². The van der Waals surface area contributed by atoms with E-state index in [-0.39, 0.29) is 30.8 Å². The second-order valence-corrected chi connectivity index (χ2v) is 4.75. The number of alkyl halides is 3. The molecule has 0 saturated heterocycles. The topological polar surface area (TPSA) is 40.5 Å². The van der Waals surface area contributed by atoms with Gasteiger partial charge in [0.05, 0.1) is 5.56 Å². The molecular weight excluding hydrogens is 271 g/mol. The number of phenols is 1. The molecule has 1 aromatic rings. The van der Waals surface area contributed by atoms with E-state index in [1.807, 2.05) is 0 Å². The lowest BCUT2D eigenvalue weighted by molar-refractivity contribution is -0.0957. The molecule has 0 fully saturated rings. The summed E-state index contributed by atoms with van der Waals surface area (Å²) >= 11 is 0. The zero-order valence-corrected chi connectivity index (χ0v) is 10.9. The molecule has 0 radical (unpaired) electrons. The van der Waals surface area contributed by atoms with Gasteiger partial charge in [0.25, 0.3) is 5.91 Å². The van der Waals surface area contributed by atoms with Crippen LogP contribution in [0.4, 0.5) is 13.2 Å². The van der Waals surface area contributed by atoms with E-state index in [0.717, 1.165) is 11.6 Å². The van der Waals surface area contributed by atoms with E-state index in [9.17, 15) is 23.1 Å². The van der Waals surface area contributed by atoms with Gasteiger partial charge in [-0.15, -0.1) is 0 Å². The van der Waals surface area contributed by atoms with Crippen molar-refractivity contribution in [1.29, 1.82) is 0 Å². The Morgan fingerprint density at radius 1 is 1.35 bits per heavy atom. The summed E-state index contributed by atoms with van der Waals surface area (Å²) in [5.74, 6) is -0.616. The Balaban J connectivity index is 2.17. The number of nitrogens with zero attached hydrogens (tertiary/aromatic N) is 1. The molecule has 1 amide bonds. The summed E-state index contributed by atoms with van der Waals surface area (Å²) in [4.78, 5) is 13.5. The van der Waals surface area contributed by atoms with Gasteiger partial charge in [-0.1, -0.05) is 17.7 Å². The molecule has 20 heavy (non-hydrogen) atoms. The molecule has 1 heterocycles. The maximum atomic E-state index is 12.5. The van der Waals surface area contributed by atoms with Gasteiger partial charge in [-0.3, -0.25) is 4.79 Å². The SMILES string of the molecule is Cc1ccc(O)c(C(=O)N2CC=C(C(F)(F)F)CC2)c1. The molecule has 0 atom stereocenters. The fourth-order valence-electron chi connectivity index (χ4n) is 2.10. The lowest BCUT2D eigenvalue weighted by Crippen LogP contribution is -2.36. The van der Waals surface area contributed by atoms with Crippen LogP contribution < -0.4 is 0 Å². The van der Waals surface area contributed by atoms with Gasteiger partial charge in [-0.25, -0.2) is 0 Å². The lowest BCUT2D eigenvalue weighted by atomic mass is 10.1. The number of carbonyl (C=O) groups is 1. The largest absolute Gasteiger partial charge is 0.507 e. The van der Waals surface area contributed by atoms with Crippen molar-refractivity contribution in [2.75, 3.05) is 13.1 Å². The zero-order valence-electron chi connectivity index (χ0n) is 10.9. The van der Waals surface area contributed by atoms with Gasteiger partial charge >= 0.3 is 6.18 Å². The van der Waals surface area contributed by atoms with Gasteiger partial charge < -0.3 is 10.0 Å². The molecule has 0 aliphatic carbocycles. The number of aryl methyl sites for hydroxylation is 1. The van der Waals surface area contributed by atoms with Crippen molar-refractivity contribution < 1.29 is 23.1 Å². The number of benzene rings is 1. The van der Waals surface area contributed by atoms with E-state index >= 15 is 0 Å². The van der Waals surface area contributed by atoms with E-state index in [2.05, 4.69) is 0 Å². The maximum absolute atomic E-state index is 12.5. The Bertz CT molecular complexity index is 564. The third-order valence-corrected chi connectivity index (χ3v) is 3.24. The van der Waals surface area contributed by atoms with Gasteiger partial charge in [0, 0.05) is 18.7 Å². The molecule has 0 spiro atoms. The molecule has 108 valence electrons. The predicted octanol–water partition coefficient (Wildman–Crippen LogP) is 3.04. The second kappa shape index (κ2) is 5.19. The Labute approximate surface area is 114 Å². The molecule has 1 aromatic carbocycles. The molecule has 1 N–H and O–H groups in total. The maximum Gasteiger partial charge on any atom is 0.412 e. The summed E-state index contributed by atoms with van der Waals surface area (Å²) in [5.41, 5.74) is 0.318. The van der Waals surface area contributed by atoms with Crippen LogP contribution in [0, 0.1) is 6.92 Å². The first-order valence-corrected chi connectivity index (χ1v) is 6.14. The number of carbonyl (C=O) groups excluding carboxylic acids is 1. The highest BCUT2D eigenvalue weighted by Gasteiger charge is 2.35. The summed E-state index contributed by atoms with van der Waals surface area (Å²) in [6.45, 7) is 1.67. The van der Waals surface area contributed by atoms with E-state index in [4.69, 9.17) is 0 Å². The number of aromatic hydroxyl groups is 1. The fraction of sp³-hybridized carbons (Fsp3) is 0.357. The van der Waals surface area contributed by atoms with Crippen LogP contribution in [0.2, 0.25) is 0 Å². The van der Waals surface area contributed by atoms with E-state index in [0.29, 0.717) is 0 Å². The summed E-state index contributed by atoms with van der Waals surface area (Å²) in [5, 5.41) is 9.67. The first kappa shape index (κ1) is 14.4. The second-order valence-electron chi connectivity index (χ2n) is 4.75. The normalized spacial score (nSPS) is 16.0. The number of halogens is 3. The van der Waals surface area contributed by atoms with Crippen LogP contribution in [0.5, 0.6) is 5.75 Å². The molecule has 6 heteroatoms. The molecule has 0 saturated carbocycles. The highest BCUT2D eigenvalue weighted by Crippen LogP contribution is 2.31. The Kier molecular flexibility index (Phi) is 3.74. The molecular formula is C14H14F3NO2. The minimum atomic E-state index is -4.33. The van der Waals surface area contributed by atoms with Crippen LogP contribution in [-0.2, 0) is 0 Å². The number of rotatable bonds is 1. The van der Waals surface area contributed by atoms with Gasteiger partial charge in [0.15, 0.2) is 0 Å². The average Bonchev–Trinajstić information content (AvgIpc) is 2.40. The third kappa shape index (κ3) is 2.95. The highest BCUT2D eigenvalue weighted by atomic mass is 19.4. The van der Waals surface area contributed by atoms with Crippen LogP contribution in [0.1, 0.15) is 22.3 Å². The van der Waals surface area contributed by atoms with Gasteiger partial charge in [-0.05, 0) is 25.5 Å². The van der Waals surface area contributed by atoms with E-state index in [1.165, 1.54) is 17.0 Å². The number of amides is 1. The molecule has 0 unspecified atom stereocenters. The van der Waals surface area contributed by atoms with E-state index in [1.54, 1.807) is 13.0 Å². The van der Waals surface area contributed by atoms with Crippen molar-refractivity contribution in [2.45, 2.75) is 19.5 Å². The van der Waals surface area contributed by atoms with Gasteiger partial charge in [0.1, 0.15) is 5.75 Å². The van der Waals surface area contributed by atoms with Crippen molar-refractivity contribution in [1.82, 2.24) is 4.90 Å². The minimum Gasteiger partial charge on any atom is -0.507 e. The highest BCUT2D eigenvalue weighted by molar-refractivity contribution is 5.97. The monoisotopic (exact) mass is 285 g/mol. The van der Waals surface area contributed by atoms with Crippen LogP contribution >= 0.6 is 0 Å². The van der Waals surface area contributed by atoms with Crippen LogP contribution in [0.3, 0.4) is 0 Å². The first-order valence-electron chi connectivity index (χ1n) is 6.14. The summed E-state index contributed by atoms with van der Waals surface area (Å²) in [6, 6.07) is 4.59. The number of hydrogen-bond acceptors (Lipinski definition) is 2. The third-order valence-electron chi connectivity index (χ3n) is 3.24. The van der Waals surface area contributed by atoms with Crippen molar-refractivity contribution in [3.05, 3.63) is 41.0 Å². The summed E-state index contributed by atoms with van der Waals surface area (Å²) in [6.07, 6.45) is -3.53. The predicted molar refractivity (Wildman–Crippen MR) is 67.5 cm³/mol. The van der Waals surface area contributed by atoms with Crippen molar-refractivity contribution in [2.24, 2.45) is 0 Å². The standard InChI is InChI=1S/C14H14F3NO2/c1-9-2-3-12(19)11(8-9)13(20)18-6-4-10(5-7-18)14(15,16)17/h2-4,8,19H,5-7H2,1H3. The fourth-order valence-corrected chi connectivity index (χ4v) is 2.10. The number of hydrogen-bond donors (Lipinski definition) is 1. The van der Waals surface area contributed by atoms with Crippen LogP contribution in [-0.4, -0.2) is 35.2 Å². The average molecular weight is 285 g/mol. The number of phenolic OH excluding ortho intramolecular Hbond substituents is 1. The first-order chi connectivity index (χ1) is 9.29. The van der Waals surface area contributed by atoms with Crippen LogP contribution in [0.25, 0.3) is 0 Å². The van der Waals surface area contributed by atoms with E-state index < -0.39 is 17.7 Å². The van der Waals surface area contributed by atoms with Gasteiger partial charge in [0.2, 0.25) is 0 Å². The molecule has 2 rings (SSSR count). The summed E-state index contributed by atoms with van der Waals surface area (Å²) < 4.78 is 37.5. The smallest absolute Gasteiger partial charge is 0.412 e. The lowest BCUT2D eigenvalue weighted by Gasteiger charge is -2.27. The van der Waals surface area contributed by atoms with Crippen molar-refractivity contribution >= 4 is 5.91 Å². The quantitative estimate of drug-likeness (QED) is 0.806. The molecule has 0 aromatic heterocycles. The summed E-state index contributed by atoms with van der Waals surface area (Å²) in [7, 11) is 0. The Morgan fingerprint density at radius 2 is 2.05 bits per heavy atom. The molecule has 1 aliphatic heterocycles. The minimum absolute atomic E-state index is 0.00242. The Hall–Kier alpha value is -1.98. The van der Waals surface area contributed by atoms with Crippen molar-refractivity contribution in [3.8, 4) is 5.75 Å². The van der Waals surface area contributed by atoms with Crippen molar-refractivity contribution in [3.63, 3.8) is 0 Å². The molecule has 3 nitrogen and oxygen atoms in total. The van der Waals surface area contributed by atoms with Crippen LogP contribution in [0.15, 0.2) is 29.8 Å². The Morgan fingerprint density at radius 3 is 2.60 bits per heavy atom.